The van der Waals surface area contributed by atoms with Crippen LogP contribution in [-0.2, 0) is 4.79 Å². The number of carboxylic acids is 1. The van der Waals surface area contributed by atoms with Crippen LogP contribution in [0.2, 0.25) is 0 Å². The summed E-state index contributed by atoms with van der Waals surface area (Å²) in [6.45, 7) is 2.02. The first-order valence-corrected chi connectivity index (χ1v) is 7.95. The van der Waals surface area contributed by atoms with Gasteiger partial charge in [-0.1, -0.05) is 13.3 Å². The SMILES string of the molecule is CCCCC(=O)NC(=S)Nc1ccc(-c2ccc(C(=O)O)o2)cc1. The molecule has 6 nitrogen and oxygen atoms in total. The van der Waals surface area contributed by atoms with E-state index in [1.807, 2.05) is 6.92 Å². The van der Waals surface area contributed by atoms with Crippen molar-refractivity contribution in [1.82, 2.24) is 5.32 Å². The number of anilines is 1. The molecule has 1 heterocycles. The molecular weight excluding hydrogens is 328 g/mol. The highest BCUT2D eigenvalue weighted by atomic mass is 32.1. The number of rotatable bonds is 6. The lowest BCUT2D eigenvalue weighted by molar-refractivity contribution is -0.119. The van der Waals surface area contributed by atoms with Gasteiger partial charge < -0.3 is 20.2 Å². The first kappa shape index (κ1) is 17.7. The number of hydrogen-bond donors (Lipinski definition) is 3. The van der Waals surface area contributed by atoms with Gasteiger partial charge in [-0.3, -0.25) is 4.79 Å². The summed E-state index contributed by atoms with van der Waals surface area (Å²) in [6.07, 6.45) is 2.22. The molecule has 0 spiro atoms. The molecule has 24 heavy (non-hydrogen) atoms. The zero-order chi connectivity index (χ0) is 17.5. The van der Waals surface area contributed by atoms with Crippen molar-refractivity contribution in [3.05, 3.63) is 42.2 Å². The van der Waals surface area contributed by atoms with E-state index < -0.39 is 5.97 Å². The van der Waals surface area contributed by atoms with Gasteiger partial charge in [0.15, 0.2) is 5.11 Å². The zero-order valence-electron chi connectivity index (χ0n) is 13.2. The Hall–Kier alpha value is -2.67. The van der Waals surface area contributed by atoms with Crippen LogP contribution < -0.4 is 10.6 Å². The number of nitrogens with one attached hydrogen (secondary N) is 2. The van der Waals surface area contributed by atoms with E-state index in [2.05, 4.69) is 10.6 Å². The number of carbonyl (C=O) groups is 2. The number of aromatic carboxylic acids is 1. The third kappa shape index (κ3) is 4.92. The molecule has 1 aromatic carbocycles. The molecule has 126 valence electrons. The monoisotopic (exact) mass is 346 g/mol. The summed E-state index contributed by atoms with van der Waals surface area (Å²) in [5, 5.41) is 14.7. The van der Waals surface area contributed by atoms with Crippen molar-refractivity contribution in [2.24, 2.45) is 0 Å². The average molecular weight is 346 g/mol. The molecule has 0 aliphatic carbocycles. The highest BCUT2D eigenvalue weighted by molar-refractivity contribution is 7.80. The van der Waals surface area contributed by atoms with E-state index in [0.717, 1.165) is 18.4 Å². The molecule has 3 N–H and O–H groups in total. The summed E-state index contributed by atoms with van der Waals surface area (Å²) in [6, 6.07) is 10.1. The van der Waals surface area contributed by atoms with Crippen LogP contribution in [-0.4, -0.2) is 22.1 Å². The topological polar surface area (TPSA) is 91.6 Å². The number of amides is 1. The number of unbranched alkanes of at least 4 members (excludes halogenated alkanes) is 1. The molecule has 1 aromatic heterocycles. The van der Waals surface area contributed by atoms with Crippen LogP contribution in [0.15, 0.2) is 40.8 Å². The van der Waals surface area contributed by atoms with Gasteiger partial charge >= 0.3 is 5.97 Å². The summed E-state index contributed by atoms with van der Waals surface area (Å²) in [7, 11) is 0. The molecule has 0 fully saturated rings. The summed E-state index contributed by atoms with van der Waals surface area (Å²) < 4.78 is 5.24. The third-order valence-electron chi connectivity index (χ3n) is 3.25. The van der Waals surface area contributed by atoms with Crippen molar-refractivity contribution in [1.29, 1.82) is 0 Å². The molecule has 0 unspecified atom stereocenters. The fourth-order valence-electron chi connectivity index (χ4n) is 2.01. The highest BCUT2D eigenvalue weighted by Gasteiger charge is 2.10. The molecule has 0 radical (unpaired) electrons. The Bertz CT molecular complexity index is 737. The van der Waals surface area contributed by atoms with Crippen molar-refractivity contribution in [3.63, 3.8) is 0 Å². The molecule has 0 saturated heterocycles. The predicted octanol–water partition coefficient (Wildman–Crippen LogP) is 3.65. The number of carbonyl (C=O) groups excluding carboxylic acids is 1. The molecule has 0 bridgehead atoms. The van der Waals surface area contributed by atoms with Crippen LogP contribution in [0.4, 0.5) is 5.69 Å². The van der Waals surface area contributed by atoms with E-state index in [9.17, 15) is 9.59 Å². The van der Waals surface area contributed by atoms with Crippen LogP contribution >= 0.6 is 12.2 Å². The smallest absolute Gasteiger partial charge is 0.371 e. The lowest BCUT2D eigenvalue weighted by Crippen LogP contribution is -2.33. The summed E-state index contributed by atoms with van der Waals surface area (Å²) in [4.78, 5) is 22.4. The van der Waals surface area contributed by atoms with Crippen LogP contribution in [0, 0.1) is 0 Å². The summed E-state index contributed by atoms with van der Waals surface area (Å²) in [5.41, 5.74) is 1.45. The molecular formula is C17H18N2O4S. The van der Waals surface area contributed by atoms with E-state index in [-0.39, 0.29) is 16.8 Å². The van der Waals surface area contributed by atoms with Crippen LogP contribution in [0.1, 0.15) is 36.7 Å². The number of furan rings is 1. The fraction of sp³-hybridized carbons (Fsp3) is 0.235. The van der Waals surface area contributed by atoms with Gasteiger partial charge in [0.2, 0.25) is 11.7 Å². The van der Waals surface area contributed by atoms with Gasteiger partial charge in [0.05, 0.1) is 0 Å². The minimum atomic E-state index is -1.11. The number of hydrogen-bond acceptors (Lipinski definition) is 4. The van der Waals surface area contributed by atoms with Gasteiger partial charge in [0.1, 0.15) is 5.76 Å². The molecule has 2 rings (SSSR count). The van der Waals surface area contributed by atoms with Crippen molar-refractivity contribution < 1.29 is 19.1 Å². The molecule has 0 aliphatic rings. The quantitative estimate of drug-likeness (QED) is 0.692. The second kappa shape index (κ2) is 8.26. The van der Waals surface area contributed by atoms with E-state index in [1.54, 1.807) is 30.3 Å². The van der Waals surface area contributed by atoms with Crippen molar-refractivity contribution in [2.45, 2.75) is 26.2 Å². The minimum absolute atomic E-state index is 0.108. The standard InChI is InChI=1S/C17H18N2O4S/c1-2-3-4-15(20)19-17(24)18-12-7-5-11(6-8-12)13-9-10-14(23-13)16(21)22/h5-10H,2-4H2,1H3,(H,21,22)(H2,18,19,20,24). The van der Waals surface area contributed by atoms with E-state index in [4.69, 9.17) is 21.7 Å². The number of thiocarbonyl (C=S) groups is 1. The van der Waals surface area contributed by atoms with Crippen molar-refractivity contribution in [2.75, 3.05) is 5.32 Å². The highest BCUT2D eigenvalue weighted by Crippen LogP contribution is 2.23. The molecule has 0 saturated carbocycles. The molecule has 2 aromatic rings. The Kier molecular flexibility index (Phi) is 6.08. The van der Waals surface area contributed by atoms with Gasteiger partial charge in [0, 0.05) is 17.7 Å². The first-order chi connectivity index (χ1) is 11.5. The number of benzene rings is 1. The second-order valence-electron chi connectivity index (χ2n) is 5.15. The normalized spacial score (nSPS) is 10.2. The Morgan fingerprint density at radius 3 is 2.46 bits per heavy atom. The van der Waals surface area contributed by atoms with Crippen LogP contribution in [0.25, 0.3) is 11.3 Å². The fourth-order valence-corrected chi connectivity index (χ4v) is 2.25. The predicted molar refractivity (Wildman–Crippen MR) is 95.0 cm³/mol. The van der Waals surface area contributed by atoms with Gasteiger partial charge in [-0.25, -0.2) is 4.79 Å². The maximum atomic E-state index is 11.6. The van der Waals surface area contributed by atoms with E-state index in [0.29, 0.717) is 17.9 Å². The third-order valence-corrected chi connectivity index (χ3v) is 3.46. The van der Waals surface area contributed by atoms with Gasteiger partial charge in [0.25, 0.3) is 0 Å². The van der Waals surface area contributed by atoms with Crippen molar-refractivity contribution in [3.8, 4) is 11.3 Å². The maximum Gasteiger partial charge on any atom is 0.371 e. The Labute approximate surface area is 144 Å². The molecule has 1 amide bonds. The lowest BCUT2D eigenvalue weighted by atomic mass is 10.1. The van der Waals surface area contributed by atoms with Crippen molar-refractivity contribution >= 4 is 34.9 Å². The van der Waals surface area contributed by atoms with Gasteiger partial charge in [-0.05, 0) is 55.0 Å². The maximum absolute atomic E-state index is 11.6. The van der Waals surface area contributed by atoms with Crippen LogP contribution in [0.5, 0.6) is 0 Å². The average Bonchev–Trinajstić information content (AvgIpc) is 3.03. The Morgan fingerprint density at radius 1 is 1.17 bits per heavy atom. The molecule has 7 heteroatoms. The zero-order valence-corrected chi connectivity index (χ0v) is 14.0. The number of carboxylic acid groups (broad SMARTS) is 1. The lowest BCUT2D eigenvalue weighted by Gasteiger charge is -2.09. The van der Waals surface area contributed by atoms with E-state index in [1.165, 1.54) is 6.07 Å². The summed E-state index contributed by atoms with van der Waals surface area (Å²) >= 11 is 5.09. The minimum Gasteiger partial charge on any atom is -0.475 e. The molecule has 0 atom stereocenters. The Balaban J connectivity index is 1.95. The summed E-state index contributed by atoms with van der Waals surface area (Å²) in [5.74, 6) is -0.857. The second-order valence-corrected chi connectivity index (χ2v) is 5.56. The largest absolute Gasteiger partial charge is 0.475 e. The Morgan fingerprint density at radius 2 is 1.88 bits per heavy atom. The van der Waals surface area contributed by atoms with Gasteiger partial charge in [-0.15, -0.1) is 0 Å². The molecule has 0 aliphatic heterocycles. The van der Waals surface area contributed by atoms with E-state index >= 15 is 0 Å². The van der Waals surface area contributed by atoms with Gasteiger partial charge in [-0.2, -0.15) is 0 Å². The van der Waals surface area contributed by atoms with Crippen LogP contribution in [0.3, 0.4) is 0 Å². The first-order valence-electron chi connectivity index (χ1n) is 7.54.